The van der Waals surface area contributed by atoms with Crippen molar-refractivity contribution in [1.82, 2.24) is 39.6 Å². The van der Waals surface area contributed by atoms with E-state index >= 15 is 0 Å². The van der Waals surface area contributed by atoms with E-state index in [0.29, 0.717) is 52.9 Å². The minimum absolute atomic E-state index is 0.624. The predicted octanol–water partition coefficient (Wildman–Crippen LogP) is 6.24. The van der Waals surface area contributed by atoms with Gasteiger partial charge in [0.15, 0.2) is 47.6 Å². The number of ether oxygens (including phenoxy) is 4. The first-order valence-electron chi connectivity index (χ1n) is 29.3. The van der Waals surface area contributed by atoms with Gasteiger partial charge in [-0.05, 0) is 102 Å². The molecule has 0 unspecified atom stereocenters. The molecule has 0 bridgehead atoms. The molecule has 5 heterocycles. The molecule has 432 valence electrons. The van der Waals surface area contributed by atoms with Gasteiger partial charge in [-0.15, -0.1) is 37.5 Å². The fraction of sp³-hybridized carbons (Fsp3) is 0.846. The Morgan fingerprint density at radius 2 is 0.566 bits per heavy atom. The van der Waals surface area contributed by atoms with Gasteiger partial charge in [0.05, 0.1) is 47.3 Å². The van der Waals surface area contributed by atoms with Crippen molar-refractivity contribution in [3.05, 3.63) is 47.6 Å². The van der Waals surface area contributed by atoms with Crippen molar-refractivity contribution in [3.8, 4) is 0 Å². The maximum absolute atomic E-state index is 7.57. The van der Waals surface area contributed by atoms with Crippen molar-refractivity contribution < 1.29 is 54.1 Å². The SMILES string of the molecule is CCCC[n+]1cc(CCOCCC[Si]2(C)O[Si](C)(CCCOCCc3c[n+](CCCC)nn3C)O[Si](C)(CCCOCCc3c[n+](CCCC)nn3C)O[Si](C)(CCCOCCc3c[n+](CCCC)nn3C)O2)n(C)n1. The Hall–Kier alpha value is -2.89. The van der Waals surface area contributed by atoms with Crippen LogP contribution in [-0.4, -0.2) is 127 Å². The summed E-state index contributed by atoms with van der Waals surface area (Å²) in [5.41, 5.74) is 4.70. The Morgan fingerprint density at radius 1 is 0.355 bits per heavy atom. The highest BCUT2D eigenvalue weighted by molar-refractivity contribution is 6.93. The second-order valence-corrected chi connectivity index (χ2v) is 36.1. The Morgan fingerprint density at radius 3 is 0.763 bits per heavy atom. The summed E-state index contributed by atoms with van der Waals surface area (Å²) in [5, 5.41) is 18.6. The summed E-state index contributed by atoms with van der Waals surface area (Å²) in [6, 6.07) is 3.14. The zero-order chi connectivity index (χ0) is 54.9. The van der Waals surface area contributed by atoms with Gasteiger partial charge in [-0.25, -0.2) is 0 Å². The molecule has 1 aliphatic heterocycles. The van der Waals surface area contributed by atoms with Crippen molar-refractivity contribution in [1.29, 1.82) is 0 Å². The maximum atomic E-state index is 7.57. The summed E-state index contributed by atoms with van der Waals surface area (Å²) in [6.07, 6.45) is 24.2. The minimum atomic E-state index is -2.89. The molecule has 24 heteroatoms. The quantitative estimate of drug-likeness (QED) is 0.0281. The molecule has 0 saturated carbocycles. The van der Waals surface area contributed by atoms with Crippen molar-refractivity contribution in [2.45, 2.75) is 207 Å². The van der Waals surface area contributed by atoms with E-state index in [4.69, 9.17) is 35.4 Å². The first kappa shape index (κ1) is 63.9. The number of nitrogens with zero attached hydrogens (tertiary/aromatic N) is 12. The largest absolute Gasteiger partial charge is 0.416 e. The van der Waals surface area contributed by atoms with Crippen LogP contribution in [-0.2, 0) is 115 Å². The standard InChI is InChI=1S/C52H104N12O8Si4/c1-13-17-29-61-45-49(57(5)53-61)25-37-65-33-21-41-73(9)69-74(10,42-22-34-66-38-26-50-46-62(30-18-14-2)54-58(50)6)71-76(12,44-24-36-68-40-28-52-48-64(32-20-16-4)56-60(52)8)72-75(11,70-73)43-23-35-67-39-27-51-47-63(31-19-15-3)55-59(51)7/h45-48H,13-44H2,1-12H3/q+4. The van der Waals surface area contributed by atoms with Crippen molar-refractivity contribution in [3.63, 3.8) is 0 Å². The molecule has 0 spiro atoms. The number of rotatable bonds is 40. The molecule has 0 atom stereocenters. The molecule has 4 aromatic rings. The maximum Gasteiger partial charge on any atom is 0.317 e. The van der Waals surface area contributed by atoms with Crippen LogP contribution >= 0.6 is 0 Å². The van der Waals surface area contributed by atoms with Crippen molar-refractivity contribution >= 4 is 34.2 Å². The third-order valence-electron chi connectivity index (χ3n) is 14.2. The highest BCUT2D eigenvalue weighted by Crippen LogP contribution is 2.39. The molecule has 0 aromatic carbocycles. The number of hydrogen-bond acceptors (Lipinski definition) is 12. The molecular weight excluding hydrogens is 1030 g/mol. The molecule has 5 rings (SSSR count). The van der Waals surface area contributed by atoms with Gasteiger partial charge in [0.25, 0.3) is 0 Å². The number of aryl methyl sites for hydroxylation is 8. The smallest absolute Gasteiger partial charge is 0.317 e. The molecule has 0 amide bonds. The summed E-state index contributed by atoms with van der Waals surface area (Å²) in [7, 11) is -3.51. The minimum Gasteiger partial charge on any atom is -0.416 e. The third kappa shape index (κ3) is 22.3. The molecule has 0 radical (unpaired) electrons. The summed E-state index contributed by atoms with van der Waals surface area (Å²) in [5.74, 6) is 0. The van der Waals surface area contributed by atoms with Crippen molar-refractivity contribution in [2.75, 3.05) is 52.9 Å². The van der Waals surface area contributed by atoms with Crippen LogP contribution in [0.15, 0.2) is 24.8 Å². The molecule has 76 heavy (non-hydrogen) atoms. The van der Waals surface area contributed by atoms with Gasteiger partial charge in [0.1, 0.15) is 54.4 Å². The Balaban J connectivity index is 1.25. The van der Waals surface area contributed by atoms with E-state index in [0.717, 1.165) is 153 Å². The lowest BCUT2D eigenvalue weighted by molar-refractivity contribution is -0.755. The van der Waals surface area contributed by atoms with E-state index in [-0.39, 0.29) is 0 Å². The fourth-order valence-electron chi connectivity index (χ4n) is 10.1. The molecule has 1 aliphatic rings. The van der Waals surface area contributed by atoms with Crippen LogP contribution < -0.4 is 18.7 Å². The van der Waals surface area contributed by atoms with Gasteiger partial charge < -0.3 is 35.4 Å². The van der Waals surface area contributed by atoms with Crippen LogP contribution in [0, 0.1) is 0 Å². The topological polar surface area (TPSA) is 161 Å². The normalized spacial score (nSPS) is 21.2. The highest BCUT2D eigenvalue weighted by atomic mass is 28.5. The second kappa shape index (κ2) is 33.0. The van der Waals surface area contributed by atoms with Crippen molar-refractivity contribution in [2.24, 2.45) is 28.2 Å². The molecular formula is C52H104N12O8Si4+4. The number of hydrogen-bond donors (Lipinski definition) is 0. The van der Waals surface area contributed by atoms with Gasteiger partial charge in [-0.3, -0.25) is 0 Å². The van der Waals surface area contributed by atoms with Crippen LogP contribution in [0.3, 0.4) is 0 Å². The lowest BCUT2D eigenvalue weighted by Gasteiger charge is -2.50. The molecule has 0 N–H and O–H groups in total. The fourth-order valence-corrected chi connectivity index (χ4v) is 33.3. The molecule has 20 nitrogen and oxygen atoms in total. The highest BCUT2D eigenvalue weighted by Gasteiger charge is 2.56. The van der Waals surface area contributed by atoms with Gasteiger partial charge in [-0.2, -0.15) is 0 Å². The van der Waals surface area contributed by atoms with Crippen LogP contribution in [0.25, 0.3) is 0 Å². The van der Waals surface area contributed by atoms with E-state index in [9.17, 15) is 0 Å². The van der Waals surface area contributed by atoms with Crippen LogP contribution in [0.2, 0.25) is 50.4 Å². The lowest BCUT2D eigenvalue weighted by atomic mass is 10.3. The van der Waals surface area contributed by atoms with Gasteiger partial charge in [0.2, 0.25) is 0 Å². The van der Waals surface area contributed by atoms with E-state index < -0.39 is 34.2 Å². The zero-order valence-corrected chi connectivity index (χ0v) is 53.6. The summed E-state index contributed by atoms with van der Waals surface area (Å²) >= 11 is 0. The number of unbranched alkanes of at least 4 members (excludes halogenated alkanes) is 4. The summed E-state index contributed by atoms with van der Waals surface area (Å²) in [4.78, 5) is 0. The van der Waals surface area contributed by atoms with E-state index in [1.54, 1.807) is 0 Å². The summed E-state index contributed by atoms with van der Waals surface area (Å²) < 4.78 is 71.6. The van der Waals surface area contributed by atoms with Gasteiger partial charge in [0, 0.05) is 52.1 Å². The Bertz CT molecular complexity index is 1930. The second-order valence-electron chi connectivity index (χ2n) is 21.8. The number of aromatic nitrogens is 12. The third-order valence-corrected chi connectivity index (χ3v) is 33.1. The average molecular weight is 1140 g/mol. The first-order chi connectivity index (χ1) is 36.5. The van der Waals surface area contributed by atoms with Gasteiger partial charge >= 0.3 is 34.2 Å². The Kier molecular flexibility index (Phi) is 27.8. The average Bonchev–Trinajstić information content (AvgIpc) is 4.13. The Labute approximate surface area is 461 Å². The van der Waals surface area contributed by atoms with Crippen LogP contribution in [0.5, 0.6) is 0 Å². The zero-order valence-electron chi connectivity index (χ0n) is 49.6. The van der Waals surface area contributed by atoms with E-state index in [1.807, 2.05) is 65.6 Å². The predicted molar refractivity (Wildman–Crippen MR) is 300 cm³/mol. The van der Waals surface area contributed by atoms with Gasteiger partial charge in [-0.1, -0.05) is 53.4 Å². The lowest BCUT2D eigenvalue weighted by Crippen LogP contribution is -2.67. The molecule has 4 aromatic heterocycles. The first-order valence-corrected chi connectivity index (χ1v) is 39.4. The monoisotopic (exact) mass is 1140 g/mol. The molecule has 1 fully saturated rings. The summed E-state index contributed by atoms with van der Waals surface area (Å²) in [6.45, 7) is 26.6. The molecule has 0 aliphatic carbocycles. The van der Waals surface area contributed by atoms with E-state index in [1.165, 1.54) is 22.8 Å². The molecule has 1 saturated heterocycles. The van der Waals surface area contributed by atoms with Crippen LogP contribution in [0.1, 0.15) is 128 Å². The van der Waals surface area contributed by atoms with E-state index in [2.05, 4.69) is 99.5 Å². The van der Waals surface area contributed by atoms with Crippen LogP contribution in [0.4, 0.5) is 0 Å².